The lowest BCUT2D eigenvalue weighted by atomic mass is 9.68. The second-order valence-corrected chi connectivity index (χ2v) is 11.2. The van der Waals surface area contributed by atoms with Crippen LogP contribution in [0.25, 0.3) is 11.6 Å². The molecule has 0 radical (unpaired) electrons. The lowest BCUT2D eigenvalue weighted by Crippen LogP contribution is -2.41. The van der Waals surface area contributed by atoms with Crippen LogP contribution < -0.4 is 0 Å². The molecule has 2 aliphatic heterocycles. The zero-order valence-electron chi connectivity index (χ0n) is 21.7. The van der Waals surface area contributed by atoms with Gasteiger partial charge in [-0.3, -0.25) is 0 Å². The van der Waals surface area contributed by atoms with Gasteiger partial charge in [-0.1, -0.05) is 66.7 Å². The van der Waals surface area contributed by atoms with E-state index in [0.29, 0.717) is 0 Å². The van der Waals surface area contributed by atoms with Crippen molar-refractivity contribution in [2.75, 3.05) is 0 Å². The molecule has 4 nitrogen and oxygen atoms in total. The van der Waals surface area contributed by atoms with E-state index in [0.717, 1.165) is 22.2 Å². The molecule has 2 aromatic carbocycles. The normalized spacial score (nSPS) is 23.4. The summed E-state index contributed by atoms with van der Waals surface area (Å²) in [4.78, 5) is 0. The first kappa shape index (κ1) is 25.0. The molecule has 0 N–H and O–H groups in total. The van der Waals surface area contributed by atoms with Gasteiger partial charge in [-0.2, -0.15) is 0 Å². The fraction of sp³-hybridized carbons (Fsp3) is 0.429. The molecule has 0 amide bonds. The standard InChI is InChI=1S/C28H36B2O4/c1-25(2)26(3,4)32-29(31-25)20-23(22-17-13-10-14-18-22)24(19-21-15-11-9-12-16-21)30-33-27(5,6)28(7,8)34-30/h9-20H,1-8H3/b23-20+,24-19-. The zero-order chi connectivity index (χ0) is 24.8. The third kappa shape index (κ3) is 4.83. The predicted octanol–water partition coefficient (Wildman–Crippen LogP) is 6.42. The number of hydrogen-bond donors (Lipinski definition) is 0. The van der Waals surface area contributed by atoms with Crippen molar-refractivity contribution in [3.63, 3.8) is 0 Å². The monoisotopic (exact) mass is 458 g/mol. The Kier molecular flexibility index (Phi) is 6.50. The van der Waals surface area contributed by atoms with Crippen LogP contribution in [0.1, 0.15) is 66.5 Å². The Bertz CT molecular complexity index is 1040. The quantitative estimate of drug-likeness (QED) is 0.383. The summed E-state index contributed by atoms with van der Waals surface area (Å²) in [5, 5.41) is 0. The van der Waals surface area contributed by atoms with Gasteiger partial charge in [0.15, 0.2) is 0 Å². The lowest BCUT2D eigenvalue weighted by molar-refractivity contribution is 0.00578. The maximum Gasteiger partial charge on any atom is 0.495 e. The Morgan fingerprint density at radius 1 is 0.618 bits per heavy atom. The maximum absolute atomic E-state index is 6.53. The summed E-state index contributed by atoms with van der Waals surface area (Å²) in [5.41, 5.74) is 2.26. The fourth-order valence-electron chi connectivity index (χ4n) is 4.04. The SMILES string of the molecule is CC1(C)OB(/C=C(/C(=C/c2ccccc2)B2OC(C)(C)C(C)(C)O2)c2ccccc2)OC1(C)C. The van der Waals surface area contributed by atoms with Gasteiger partial charge < -0.3 is 18.6 Å². The maximum atomic E-state index is 6.53. The van der Waals surface area contributed by atoms with Crippen LogP contribution in [-0.2, 0) is 18.6 Å². The first-order valence-corrected chi connectivity index (χ1v) is 12.1. The van der Waals surface area contributed by atoms with Crippen molar-refractivity contribution in [1.29, 1.82) is 0 Å². The minimum atomic E-state index is -0.543. The van der Waals surface area contributed by atoms with E-state index in [1.807, 2.05) is 36.4 Å². The smallest absolute Gasteiger partial charge is 0.400 e. The minimum Gasteiger partial charge on any atom is -0.400 e. The van der Waals surface area contributed by atoms with Crippen molar-refractivity contribution in [2.45, 2.75) is 77.8 Å². The molecule has 2 heterocycles. The van der Waals surface area contributed by atoms with Gasteiger partial charge in [-0.05, 0) is 83.5 Å². The molecule has 0 aliphatic carbocycles. The highest BCUT2D eigenvalue weighted by Crippen LogP contribution is 2.43. The van der Waals surface area contributed by atoms with E-state index >= 15 is 0 Å². The highest BCUT2D eigenvalue weighted by molar-refractivity contribution is 6.62. The van der Waals surface area contributed by atoms with Crippen molar-refractivity contribution < 1.29 is 18.6 Å². The summed E-state index contributed by atoms with van der Waals surface area (Å²) in [6.45, 7) is 16.6. The van der Waals surface area contributed by atoms with Gasteiger partial charge in [-0.15, -0.1) is 0 Å². The van der Waals surface area contributed by atoms with E-state index in [1.165, 1.54) is 0 Å². The van der Waals surface area contributed by atoms with Crippen LogP contribution in [0.2, 0.25) is 0 Å². The molecule has 2 fully saturated rings. The van der Waals surface area contributed by atoms with E-state index in [-0.39, 0.29) is 0 Å². The molecule has 34 heavy (non-hydrogen) atoms. The van der Waals surface area contributed by atoms with Crippen LogP contribution in [0.15, 0.2) is 72.1 Å². The van der Waals surface area contributed by atoms with Crippen LogP contribution in [0, 0.1) is 0 Å². The number of rotatable bonds is 5. The van der Waals surface area contributed by atoms with Crippen molar-refractivity contribution in [3.05, 3.63) is 83.2 Å². The van der Waals surface area contributed by atoms with Gasteiger partial charge in [0.05, 0.1) is 22.4 Å². The van der Waals surface area contributed by atoms with E-state index in [1.54, 1.807) is 0 Å². The van der Waals surface area contributed by atoms with Gasteiger partial charge in [0.25, 0.3) is 0 Å². The van der Waals surface area contributed by atoms with Crippen LogP contribution in [0.5, 0.6) is 0 Å². The van der Waals surface area contributed by atoms with Gasteiger partial charge in [-0.25, -0.2) is 0 Å². The number of allylic oxidation sites excluding steroid dienone is 2. The predicted molar refractivity (Wildman–Crippen MR) is 141 cm³/mol. The Morgan fingerprint density at radius 3 is 1.56 bits per heavy atom. The molecule has 2 saturated heterocycles. The third-order valence-electron chi connectivity index (χ3n) is 7.60. The first-order valence-electron chi connectivity index (χ1n) is 12.1. The van der Waals surface area contributed by atoms with E-state index in [4.69, 9.17) is 18.6 Å². The molecule has 0 saturated carbocycles. The summed E-state index contributed by atoms with van der Waals surface area (Å²) in [6, 6.07) is 20.6. The number of benzene rings is 2. The zero-order valence-corrected chi connectivity index (χ0v) is 21.7. The topological polar surface area (TPSA) is 36.9 Å². The summed E-state index contributed by atoms with van der Waals surface area (Å²) in [5.74, 6) is 2.06. The van der Waals surface area contributed by atoms with Crippen LogP contribution >= 0.6 is 0 Å². The molecule has 2 aliphatic rings. The van der Waals surface area contributed by atoms with E-state index in [2.05, 4.69) is 91.7 Å². The Balaban J connectivity index is 1.85. The summed E-state index contributed by atoms with van der Waals surface area (Å²) in [6.07, 6.45) is 2.15. The van der Waals surface area contributed by atoms with E-state index < -0.39 is 36.6 Å². The molecule has 178 valence electrons. The number of hydrogen-bond acceptors (Lipinski definition) is 4. The van der Waals surface area contributed by atoms with Crippen molar-refractivity contribution in [2.24, 2.45) is 0 Å². The Labute approximate surface area is 205 Å². The largest absolute Gasteiger partial charge is 0.495 e. The molecule has 4 rings (SSSR count). The van der Waals surface area contributed by atoms with E-state index in [9.17, 15) is 0 Å². The molecular weight excluding hydrogens is 422 g/mol. The fourth-order valence-corrected chi connectivity index (χ4v) is 4.04. The molecule has 0 spiro atoms. The first-order chi connectivity index (χ1) is 15.8. The average Bonchev–Trinajstić information content (AvgIpc) is 3.10. The van der Waals surface area contributed by atoms with Crippen LogP contribution in [0.4, 0.5) is 0 Å². The van der Waals surface area contributed by atoms with Gasteiger partial charge in [0.1, 0.15) is 0 Å². The molecule has 2 aromatic rings. The van der Waals surface area contributed by atoms with Gasteiger partial charge in [0.2, 0.25) is 0 Å². The Hall–Kier alpha value is -2.11. The molecule has 0 aromatic heterocycles. The third-order valence-corrected chi connectivity index (χ3v) is 7.60. The van der Waals surface area contributed by atoms with Crippen LogP contribution in [-0.4, -0.2) is 36.6 Å². The second-order valence-electron chi connectivity index (χ2n) is 11.2. The summed E-state index contributed by atoms with van der Waals surface area (Å²) >= 11 is 0. The molecular formula is C28H36B2O4. The lowest BCUT2D eigenvalue weighted by Gasteiger charge is -2.32. The van der Waals surface area contributed by atoms with Gasteiger partial charge >= 0.3 is 14.2 Å². The minimum absolute atomic E-state index is 0.427. The molecule has 6 heteroatoms. The van der Waals surface area contributed by atoms with Gasteiger partial charge in [0, 0.05) is 0 Å². The molecule has 0 bridgehead atoms. The van der Waals surface area contributed by atoms with Crippen LogP contribution in [0.3, 0.4) is 0 Å². The Morgan fingerprint density at radius 2 is 1.06 bits per heavy atom. The summed E-state index contributed by atoms with van der Waals surface area (Å²) < 4.78 is 25.8. The molecule has 0 atom stereocenters. The van der Waals surface area contributed by atoms with Crippen molar-refractivity contribution >= 4 is 25.9 Å². The van der Waals surface area contributed by atoms with Crippen molar-refractivity contribution in [3.8, 4) is 0 Å². The summed E-state index contributed by atoms with van der Waals surface area (Å²) in [7, 11) is -1.04. The van der Waals surface area contributed by atoms with Crippen molar-refractivity contribution in [1.82, 2.24) is 0 Å². The highest BCUT2D eigenvalue weighted by atomic mass is 16.7. The second kappa shape index (κ2) is 8.83. The molecule has 0 unspecified atom stereocenters. The average molecular weight is 458 g/mol. The highest BCUT2D eigenvalue weighted by Gasteiger charge is 2.54.